The number of halogens is 2. The first kappa shape index (κ1) is 14.5. The minimum absolute atomic E-state index is 0.352. The average Bonchev–Trinajstić information content (AvgIpc) is 2.46. The van der Waals surface area contributed by atoms with E-state index < -0.39 is 17.6 Å². The second-order valence-electron chi connectivity index (χ2n) is 3.89. The fourth-order valence-electron chi connectivity index (χ4n) is 1.49. The predicted molar refractivity (Wildman–Crippen MR) is 71.5 cm³/mol. The zero-order chi connectivity index (χ0) is 14.5. The van der Waals surface area contributed by atoms with E-state index in [1.807, 2.05) is 0 Å². The number of thioether (sulfide) groups is 1. The van der Waals surface area contributed by atoms with Crippen LogP contribution in [0.4, 0.5) is 8.78 Å². The predicted octanol–water partition coefficient (Wildman–Crippen LogP) is 3.44. The second kappa shape index (κ2) is 6.47. The Balaban J connectivity index is 2.02. The molecule has 0 unspecified atom stereocenters. The van der Waals surface area contributed by atoms with Gasteiger partial charge in [0, 0.05) is 22.9 Å². The molecule has 0 bridgehead atoms. The first-order valence-electron chi connectivity index (χ1n) is 5.71. The van der Waals surface area contributed by atoms with E-state index in [0.717, 1.165) is 6.07 Å². The molecule has 0 atom stereocenters. The molecule has 0 radical (unpaired) electrons. The molecule has 6 heteroatoms. The highest BCUT2D eigenvalue weighted by atomic mass is 32.2. The molecule has 0 spiro atoms. The summed E-state index contributed by atoms with van der Waals surface area (Å²) in [5.74, 6) is -1.24. The lowest BCUT2D eigenvalue weighted by atomic mass is 10.2. The molecule has 0 aliphatic heterocycles. The Bertz CT molecular complexity index is 617. The van der Waals surface area contributed by atoms with Crippen molar-refractivity contribution in [3.05, 3.63) is 59.4 Å². The van der Waals surface area contributed by atoms with Crippen LogP contribution in [-0.2, 0) is 10.5 Å². The number of carbonyl (C=O) groups excluding carboxylic acids is 1. The molecule has 1 heterocycles. The van der Waals surface area contributed by atoms with Crippen molar-refractivity contribution in [1.82, 2.24) is 4.98 Å². The fraction of sp³-hybridized carbons (Fsp3) is 0.143. The lowest BCUT2D eigenvalue weighted by molar-refractivity contribution is 0.0600. The van der Waals surface area contributed by atoms with Crippen molar-refractivity contribution in [2.75, 3.05) is 7.11 Å². The minimum atomic E-state index is -0.604. The number of aromatic nitrogens is 1. The van der Waals surface area contributed by atoms with Crippen molar-refractivity contribution in [3.8, 4) is 0 Å². The molecule has 3 nitrogen and oxygen atoms in total. The Morgan fingerprint density at radius 3 is 2.70 bits per heavy atom. The maximum Gasteiger partial charge on any atom is 0.339 e. The van der Waals surface area contributed by atoms with Crippen LogP contribution in [0.1, 0.15) is 16.1 Å². The van der Waals surface area contributed by atoms with E-state index in [9.17, 15) is 13.6 Å². The van der Waals surface area contributed by atoms with Gasteiger partial charge in [-0.2, -0.15) is 0 Å². The molecule has 0 saturated heterocycles. The Morgan fingerprint density at radius 2 is 2.10 bits per heavy atom. The summed E-state index contributed by atoms with van der Waals surface area (Å²) < 4.78 is 30.7. The summed E-state index contributed by atoms with van der Waals surface area (Å²) in [6.45, 7) is 0. The zero-order valence-electron chi connectivity index (χ0n) is 10.6. The molecule has 0 aliphatic rings. The Labute approximate surface area is 119 Å². The smallest absolute Gasteiger partial charge is 0.339 e. The molecular formula is C14H11F2NO2S. The number of esters is 1. The summed E-state index contributed by atoms with van der Waals surface area (Å²) in [7, 11) is 1.30. The third-order valence-corrected chi connectivity index (χ3v) is 3.60. The van der Waals surface area contributed by atoms with Gasteiger partial charge in [-0.15, -0.1) is 11.8 Å². The molecule has 1 aromatic carbocycles. The van der Waals surface area contributed by atoms with Crippen LogP contribution in [-0.4, -0.2) is 18.1 Å². The number of hydrogen-bond donors (Lipinski definition) is 0. The Hall–Kier alpha value is -1.95. The van der Waals surface area contributed by atoms with Crippen molar-refractivity contribution in [1.29, 1.82) is 0 Å². The molecule has 0 saturated carbocycles. The third-order valence-electron chi connectivity index (χ3n) is 2.52. The van der Waals surface area contributed by atoms with Gasteiger partial charge in [-0.1, -0.05) is 0 Å². The number of pyridine rings is 1. The average molecular weight is 295 g/mol. The molecule has 0 N–H and O–H groups in total. The third kappa shape index (κ3) is 3.54. The monoisotopic (exact) mass is 295 g/mol. The number of methoxy groups -OCH3 is 1. The molecule has 0 aliphatic carbocycles. The van der Waals surface area contributed by atoms with Gasteiger partial charge in [-0.3, -0.25) is 4.98 Å². The summed E-state index contributed by atoms with van der Waals surface area (Å²) in [4.78, 5) is 15.7. The van der Waals surface area contributed by atoms with Crippen LogP contribution in [0.25, 0.3) is 0 Å². The van der Waals surface area contributed by atoms with Crippen LogP contribution in [0.15, 0.2) is 41.4 Å². The molecule has 0 fully saturated rings. The van der Waals surface area contributed by atoms with Gasteiger partial charge in [0.2, 0.25) is 0 Å². The van der Waals surface area contributed by atoms with Crippen LogP contribution in [0.3, 0.4) is 0 Å². The van der Waals surface area contributed by atoms with Gasteiger partial charge in [0.15, 0.2) is 0 Å². The highest BCUT2D eigenvalue weighted by Crippen LogP contribution is 2.25. The van der Waals surface area contributed by atoms with E-state index in [1.165, 1.54) is 37.2 Å². The van der Waals surface area contributed by atoms with Crippen LogP contribution in [0.2, 0.25) is 0 Å². The largest absolute Gasteiger partial charge is 0.465 e. The first-order chi connectivity index (χ1) is 9.60. The van der Waals surface area contributed by atoms with Crippen molar-refractivity contribution < 1.29 is 18.3 Å². The number of rotatable bonds is 4. The number of nitrogens with zero attached hydrogens (tertiary/aromatic N) is 1. The lowest BCUT2D eigenvalue weighted by Crippen LogP contribution is -2.02. The van der Waals surface area contributed by atoms with Gasteiger partial charge < -0.3 is 4.74 Å². The maximum atomic E-state index is 13.4. The minimum Gasteiger partial charge on any atom is -0.465 e. The highest BCUT2D eigenvalue weighted by molar-refractivity contribution is 7.98. The van der Waals surface area contributed by atoms with E-state index in [-0.39, 0.29) is 0 Å². The van der Waals surface area contributed by atoms with Crippen molar-refractivity contribution in [2.24, 2.45) is 0 Å². The number of hydrogen-bond acceptors (Lipinski definition) is 4. The number of carbonyl (C=O) groups is 1. The molecule has 1 aromatic heterocycles. The van der Waals surface area contributed by atoms with E-state index in [1.54, 1.807) is 12.1 Å². The van der Waals surface area contributed by atoms with Gasteiger partial charge in [0.25, 0.3) is 0 Å². The summed E-state index contributed by atoms with van der Waals surface area (Å²) in [6.07, 6.45) is 1.41. The van der Waals surface area contributed by atoms with E-state index in [0.29, 0.717) is 21.9 Å². The van der Waals surface area contributed by atoms with Gasteiger partial charge in [0.05, 0.1) is 18.4 Å². The number of benzene rings is 1. The van der Waals surface area contributed by atoms with Crippen molar-refractivity contribution in [2.45, 2.75) is 10.6 Å². The SMILES string of the molecule is COC(=O)c1ccc(CSc2ccc(F)cc2F)nc1. The lowest BCUT2D eigenvalue weighted by Gasteiger charge is -2.04. The summed E-state index contributed by atoms with van der Waals surface area (Å²) >= 11 is 1.21. The summed E-state index contributed by atoms with van der Waals surface area (Å²) in [5.41, 5.74) is 1.04. The van der Waals surface area contributed by atoms with Crippen LogP contribution < -0.4 is 0 Å². The zero-order valence-corrected chi connectivity index (χ0v) is 11.4. The van der Waals surface area contributed by atoms with Crippen molar-refractivity contribution >= 4 is 17.7 Å². The first-order valence-corrected chi connectivity index (χ1v) is 6.70. The fourth-order valence-corrected chi connectivity index (χ4v) is 2.33. The highest BCUT2D eigenvalue weighted by Gasteiger charge is 2.07. The molecule has 2 aromatic rings. The van der Waals surface area contributed by atoms with Gasteiger partial charge in [-0.05, 0) is 24.3 Å². The van der Waals surface area contributed by atoms with Crippen LogP contribution in [0, 0.1) is 11.6 Å². The molecule has 0 amide bonds. The van der Waals surface area contributed by atoms with Crippen LogP contribution >= 0.6 is 11.8 Å². The topological polar surface area (TPSA) is 39.2 Å². The standard InChI is InChI=1S/C14H11F2NO2S/c1-19-14(18)9-2-4-11(17-7-9)8-20-13-5-3-10(15)6-12(13)16/h2-7H,8H2,1H3. The summed E-state index contributed by atoms with van der Waals surface area (Å²) in [5, 5.41) is 0. The maximum absolute atomic E-state index is 13.4. The molecule has 20 heavy (non-hydrogen) atoms. The van der Waals surface area contributed by atoms with Gasteiger partial charge >= 0.3 is 5.97 Å². The van der Waals surface area contributed by atoms with Gasteiger partial charge in [0.1, 0.15) is 11.6 Å². The van der Waals surface area contributed by atoms with E-state index in [4.69, 9.17) is 0 Å². The molecule has 2 rings (SSSR count). The van der Waals surface area contributed by atoms with Crippen LogP contribution in [0.5, 0.6) is 0 Å². The molecular weight excluding hydrogens is 284 g/mol. The Morgan fingerprint density at radius 1 is 1.30 bits per heavy atom. The second-order valence-corrected chi connectivity index (χ2v) is 4.91. The molecule has 104 valence electrons. The Kier molecular flexibility index (Phi) is 4.68. The number of ether oxygens (including phenoxy) is 1. The quantitative estimate of drug-likeness (QED) is 0.640. The van der Waals surface area contributed by atoms with E-state index in [2.05, 4.69) is 9.72 Å². The summed E-state index contributed by atoms with van der Waals surface area (Å²) in [6, 6.07) is 6.70. The van der Waals surface area contributed by atoms with E-state index >= 15 is 0 Å². The normalized spacial score (nSPS) is 10.3. The van der Waals surface area contributed by atoms with Crippen molar-refractivity contribution in [3.63, 3.8) is 0 Å². The van der Waals surface area contributed by atoms with Gasteiger partial charge in [-0.25, -0.2) is 13.6 Å².